The Balaban J connectivity index is 1.28. The fraction of sp³-hybridized carbons (Fsp3) is 0.207. The Morgan fingerprint density at radius 3 is 2.70 bits per heavy atom. The summed E-state index contributed by atoms with van der Waals surface area (Å²) in [6.07, 6.45) is 0.810. The van der Waals surface area contributed by atoms with E-state index in [4.69, 9.17) is 21.1 Å². The molecule has 1 fully saturated rings. The summed E-state index contributed by atoms with van der Waals surface area (Å²) in [4.78, 5) is 21.4. The molecule has 3 aromatic heterocycles. The van der Waals surface area contributed by atoms with E-state index in [-0.39, 0.29) is 47.4 Å². The van der Waals surface area contributed by atoms with Crippen LogP contribution in [0.15, 0.2) is 60.7 Å². The second-order valence-electron chi connectivity index (χ2n) is 9.38. The fourth-order valence-electron chi connectivity index (χ4n) is 4.59. The van der Waals surface area contributed by atoms with Crippen LogP contribution in [-0.4, -0.2) is 38.3 Å². The number of carbonyl (C=O) groups is 1. The predicted octanol–water partition coefficient (Wildman–Crippen LogP) is 6.75. The number of aromatic nitrogens is 3. The largest absolute Gasteiger partial charge is 0.478 e. The van der Waals surface area contributed by atoms with Crippen molar-refractivity contribution in [2.45, 2.75) is 32.1 Å². The highest BCUT2D eigenvalue weighted by Crippen LogP contribution is 2.29. The molecule has 0 radical (unpaired) electrons. The van der Waals surface area contributed by atoms with Crippen molar-refractivity contribution in [1.29, 1.82) is 0 Å². The molecular weight excluding hydrogens is 560 g/mol. The zero-order valence-electron chi connectivity index (χ0n) is 20.9. The number of thiophene rings is 1. The van der Waals surface area contributed by atoms with Gasteiger partial charge < -0.3 is 19.1 Å². The number of fused-ring (bicyclic) bond motifs is 1. The smallest absolute Gasteiger partial charge is 0.335 e. The minimum atomic E-state index is -1.06. The third-order valence-electron chi connectivity index (χ3n) is 6.73. The molecule has 0 unspecified atom stereocenters. The molecule has 2 aromatic carbocycles. The first-order valence-corrected chi connectivity index (χ1v) is 13.7. The first kappa shape index (κ1) is 26.4. The number of pyridine rings is 1. The SMILES string of the molecule is O=C(O)c1ccc2nc(Cc3cc(F)c(-c4cccc(OCc5ccc(Cl)s5)n4)cc3F)n(C[C@@H]3CCO3)c2c1. The van der Waals surface area contributed by atoms with Crippen LogP contribution in [0.1, 0.15) is 33.0 Å². The molecular formula is C29H22ClF2N3O4S. The number of halogens is 3. The summed E-state index contributed by atoms with van der Waals surface area (Å²) < 4.78 is 44.5. The van der Waals surface area contributed by atoms with Gasteiger partial charge in [0.1, 0.15) is 24.1 Å². The van der Waals surface area contributed by atoms with Crippen LogP contribution in [0.2, 0.25) is 4.34 Å². The number of rotatable bonds is 9. The van der Waals surface area contributed by atoms with Crippen LogP contribution >= 0.6 is 22.9 Å². The number of aromatic carboxylic acids is 1. The Morgan fingerprint density at radius 1 is 1.12 bits per heavy atom. The van der Waals surface area contributed by atoms with E-state index in [9.17, 15) is 9.90 Å². The Hall–Kier alpha value is -3.86. The van der Waals surface area contributed by atoms with Gasteiger partial charge in [-0.05, 0) is 60.5 Å². The highest BCUT2D eigenvalue weighted by molar-refractivity contribution is 7.16. The topological polar surface area (TPSA) is 86.5 Å². The van der Waals surface area contributed by atoms with Gasteiger partial charge >= 0.3 is 5.97 Å². The van der Waals surface area contributed by atoms with Crippen molar-refractivity contribution in [2.75, 3.05) is 6.61 Å². The molecule has 0 amide bonds. The lowest BCUT2D eigenvalue weighted by Crippen LogP contribution is -2.31. The third-order valence-corrected chi connectivity index (χ3v) is 7.93. The highest BCUT2D eigenvalue weighted by atomic mass is 35.5. The fourth-order valence-corrected chi connectivity index (χ4v) is 5.59. The van der Waals surface area contributed by atoms with Gasteiger partial charge in [-0.15, -0.1) is 11.3 Å². The van der Waals surface area contributed by atoms with Crippen molar-refractivity contribution in [3.05, 3.63) is 98.5 Å². The van der Waals surface area contributed by atoms with E-state index in [1.165, 1.54) is 17.4 Å². The highest BCUT2D eigenvalue weighted by Gasteiger charge is 2.23. The molecule has 7 nitrogen and oxygen atoms in total. The molecule has 1 atom stereocenters. The second-order valence-corrected chi connectivity index (χ2v) is 11.2. The first-order valence-electron chi connectivity index (χ1n) is 12.5. The Bertz CT molecular complexity index is 1730. The molecule has 1 saturated heterocycles. The molecule has 1 N–H and O–H groups in total. The summed E-state index contributed by atoms with van der Waals surface area (Å²) in [7, 11) is 0. The summed E-state index contributed by atoms with van der Waals surface area (Å²) >= 11 is 7.35. The van der Waals surface area contributed by atoms with Gasteiger partial charge in [-0.3, -0.25) is 0 Å². The van der Waals surface area contributed by atoms with E-state index in [1.54, 1.807) is 36.4 Å². The van der Waals surface area contributed by atoms with Crippen LogP contribution in [0.5, 0.6) is 5.88 Å². The number of benzene rings is 2. The number of carboxylic acid groups (broad SMARTS) is 1. The number of hydrogen-bond donors (Lipinski definition) is 1. The van der Waals surface area contributed by atoms with Gasteiger partial charge in [-0.2, -0.15) is 0 Å². The quantitative estimate of drug-likeness (QED) is 0.207. The van der Waals surface area contributed by atoms with E-state index < -0.39 is 17.6 Å². The van der Waals surface area contributed by atoms with Crippen LogP contribution in [0, 0.1) is 11.6 Å². The van der Waals surface area contributed by atoms with Gasteiger partial charge in [-0.25, -0.2) is 23.5 Å². The van der Waals surface area contributed by atoms with E-state index in [1.807, 2.05) is 10.6 Å². The molecule has 11 heteroatoms. The average molecular weight is 582 g/mol. The zero-order chi connectivity index (χ0) is 27.8. The molecule has 0 bridgehead atoms. The van der Waals surface area contributed by atoms with Gasteiger partial charge in [-0.1, -0.05) is 17.7 Å². The van der Waals surface area contributed by atoms with Crippen molar-refractivity contribution in [3.8, 4) is 17.1 Å². The van der Waals surface area contributed by atoms with Gasteiger partial charge in [0.05, 0.1) is 39.3 Å². The van der Waals surface area contributed by atoms with Crippen molar-refractivity contribution in [1.82, 2.24) is 14.5 Å². The van der Waals surface area contributed by atoms with Crippen molar-refractivity contribution < 1.29 is 28.2 Å². The van der Waals surface area contributed by atoms with Crippen molar-refractivity contribution >= 4 is 39.9 Å². The van der Waals surface area contributed by atoms with Crippen LogP contribution in [0.4, 0.5) is 8.78 Å². The first-order chi connectivity index (χ1) is 19.3. The molecule has 0 saturated carbocycles. The molecule has 0 aliphatic carbocycles. The average Bonchev–Trinajstić information content (AvgIpc) is 3.49. The number of hydrogen-bond acceptors (Lipinski definition) is 6. The van der Waals surface area contributed by atoms with Gasteiger partial charge in [0.2, 0.25) is 5.88 Å². The standard InChI is InChI=1S/C29H22ClF2N3O4S/c30-26-7-5-19(40-26)15-39-28-3-1-2-23(34-28)20-13-21(31)17(10-22(20)32)12-27-33-24-6-4-16(29(36)37)11-25(24)35(27)14-18-8-9-38-18/h1-7,10-11,13,18H,8-9,12,14-15H2,(H,36,37)/t18-/m0/s1. The van der Waals surface area contributed by atoms with Crippen molar-refractivity contribution in [2.24, 2.45) is 0 Å². The lowest BCUT2D eigenvalue weighted by atomic mass is 10.0. The normalized spacial score (nSPS) is 14.8. The summed E-state index contributed by atoms with van der Waals surface area (Å²) in [6.45, 7) is 1.34. The second kappa shape index (κ2) is 11.0. The molecule has 40 heavy (non-hydrogen) atoms. The Kier molecular flexibility index (Phi) is 7.22. The van der Waals surface area contributed by atoms with E-state index in [0.29, 0.717) is 34.3 Å². The molecule has 5 aromatic rings. The minimum Gasteiger partial charge on any atom is -0.478 e. The lowest BCUT2D eigenvalue weighted by Gasteiger charge is -2.27. The summed E-state index contributed by atoms with van der Waals surface area (Å²) in [6, 6.07) is 15.4. The molecule has 1 aliphatic rings. The summed E-state index contributed by atoms with van der Waals surface area (Å²) in [5.74, 6) is -1.54. The molecule has 6 rings (SSSR count). The number of carboxylic acids is 1. The molecule has 0 spiro atoms. The summed E-state index contributed by atoms with van der Waals surface area (Å²) in [5.41, 5.74) is 1.66. The maximum absolute atomic E-state index is 15.4. The van der Waals surface area contributed by atoms with Gasteiger partial charge in [0, 0.05) is 29.5 Å². The third kappa shape index (κ3) is 5.42. The van der Waals surface area contributed by atoms with Crippen LogP contribution < -0.4 is 4.74 Å². The number of imidazole rings is 1. The van der Waals surface area contributed by atoms with Crippen molar-refractivity contribution in [3.63, 3.8) is 0 Å². The zero-order valence-corrected chi connectivity index (χ0v) is 22.5. The maximum atomic E-state index is 15.4. The van der Waals surface area contributed by atoms with Crippen LogP contribution in [0.3, 0.4) is 0 Å². The monoisotopic (exact) mass is 581 g/mol. The van der Waals surface area contributed by atoms with E-state index >= 15 is 8.78 Å². The molecule has 4 heterocycles. The van der Waals surface area contributed by atoms with Gasteiger partial charge in [0.25, 0.3) is 0 Å². The van der Waals surface area contributed by atoms with Crippen LogP contribution in [0.25, 0.3) is 22.3 Å². The molecule has 1 aliphatic heterocycles. The van der Waals surface area contributed by atoms with Gasteiger partial charge in [0.15, 0.2) is 0 Å². The van der Waals surface area contributed by atoms with E-state index in [0.717, 1.165) is 23.4 Å². The predicted molar refractivity (Wildman–Crippen MR) is 147 cm³/mol. The number of nitrogens with zero attached hydrogens (tertiary/aromatic N) is 3. The minimum absolute atomic E-state index is 0.00674. The number of ether oxygens (including phenoxy) is 2. The van der Waals surface area contributed by atoms with Crippen LogP contribution in [-0.2, 0) is 24.3 Å². The van der Waals surface area contributed by atoms with E-state index in [2.05, 4.69) is 9.97 Å². The Labute approximate surface area is 236 Å². The Morgan fingerprint density at radius 2 is 1.98 bits per heavy atom. The maximum Gasteiger partial charge on any atom is 0.335 e. The molecule has 204 valence electrons. The summed E-state index contributed by atoms with van der Waals surface area (Å²) in [5, 5.41) is 9.44. The lowest BCUT2D eigenvalue weighted by molar-refractivity contribution is -0.0589.